The number of hydrogen-bond donors (Lipinski definition) is 1. The number of amides is 1. The lowest BCUT2D eigenvalue weighted by Gasteiger charge is -2.26. The number of ketones is 1. The highest BCUT2D eigenvalue weighted by molar-refractivity contribution is 6.52. The molecule has 4 rings (SSSR count). The molecule has 8 nitrogen and oxygen atoms in total. The van der Waals surface area contributed by atoms with Crippen LogP contribution in [-0.2, 0) is 20.7 Å². The average molecular weight is 570 g/mol. The Balaban J connectivity index is 2.00. The number of aliphatic hydroxyl groups excluding tert-OH is 1. The third kappa shape index (κ3) is 4.93. The van der Waals surface area contributed by atoms with Crippen LogP contribution in [0.25, 0.3) is 5.76 Å². The van der Waals surface area contributed by atoms with Crippen molar-refractivity contribution in [1.29, 1.82) is 0 Å². The predicted molar refractivity (Wildman–Crippen MR) is 148 cm³/mol. The Hall–Kier alpha value is -4.01. The molecule has 1 heterocycles. The van der Waals surface area contributed by atoms with E-state index in [2.05, 4.69) is 0 Å². The van der Waals surface area contributed by atoms with Crippen molar-refractivity contribution in [3.63, 3.8) is 0 Å². The molecule has 0 aromatic heterocycles. The number of carbonyl (C=O) groups excluding carboxylic acids is 3. The van der Waals surface area contributed by atoms with Crippen molar-refractivity contribution in [2.45, 2.75) is 19.4 Å². The van der Waals surface area contributed by atoms with Gasteiger partial charge in [-0.25, -0.2) is 4.79 Å². The van der Waals surface area contributed by atoms with Gasteiger partial charge in [0.2, 0.25) is 0 Å². The maximum absolute atomic E-state index is 13.5. The molecule has 0 bridgehead atoms. The van der Waals surface area contributed by atoms with E-state index in [0.717, 1.165) is 12.0 Å². The van der Waals surface area contributed by atoms with Crippen LogP contribution in [0, 0.1) is 0 Å². The maximum Gasteiger partial charge on any atom is 0.337 e. The summed E-state index contributed by atoms with van der Waals surface area (Å²) in [7, 11) is 3.96. The van der Waals surface area contributed by atoms with Crippen LogP contribution >= 0.6 is 23.2 Å². The Morgan fingerprint density at radius 3 is 2.23 bits per heavy atom. The van der Waals surface area contributed by atoms with E-state index in [-0.39, 0.29) is 43.9 Å². The van der Waals surface area contributed by atoms with E-state index in [1.54, 1.807) is 24.3 Å². The molecule has 0 radical (unpaired) electrons. The minimum Gasteiger partial charge on any atom is -0.507 e. The van der Waals surface area contributed by atoms with Crippen LogP contribution < -0.4 is 14.4 Å². The fraction of sp³-hybridized carbons (Fsp3) is 0.207. The van der Waals surface area contributed by atoms with Gasteiger partial charge in [0, 0.05) is 5.69 Å². The Bertz CT molecular complexity index is 1500. The Labute approximate surface area is 235 Å². The summed E-state index contributed by atoms with van der Waals surface area (Å²) < 4.78 is 15.5. The van der Waals surface area contributed by atoms with Crippen molar-refractivity contribution < 1.29 is 33.7 Å². The molecule has 1 fully saturated rings. The highest BCUT2D eigenvalue weighted by Crippen LogP contribution is 2.48. The van der Waals surface area contributed by atoms with E-state index in [1.807, 2.05) is 19.1 Å². The molecule has 3 aromatic carbocycles. The van der Waals surface area contributed by atoms with E-state index in [0.29, 0.717) is 5.56 Å². The van der Waals surface area contributed by atoms with Crippen LogP contribution in [0.4, 0.5) is 5.69 Å². The molecule has 1 amide bonds. The Kier molecular flexibility index (Phi) is 8.18. The lowest BCUT2D eigenvalue weighted by molar-refractivity contribution is -0.132. The van der Waals surface area contributed by atoms with Crippen LogP contribution in [0.1, 0.15) is 40.0 Å². The van der Waals surface area contributed by atoms with Crippen LogP contribution in [0.5, 0.6) is 11.5 Å². The van der Waals surface area contributed by atoms with Crippen molar-refractivity contribution in [3.05, 3.63) is 92.5 Å². The summed E-state index contributed by atoms with van der Waals surface area (Å²) >= 11 is 12.8. The lowest BCUT2D eigenvalue weighted by atomic mass is 9.94. The monoisotopic (exact) mass is 569 g/mol. The first-order valence-corrected chi connectivity index (χ1v) is 12.6. The largest absolute Gasteiger partial charge is 0.507 e. The minimum absolute atomic E-state index is 0.00444. The summed E-state index contributed by atoms with van der Waals surface area (Å²) in [6, 6.07) is 13.8. The van der Waals surface area contributed by atoms with Gasteiger partial charge in [-0.2, -0.15) is 0 Å². The van der Waals surface area contributed by atoms with Gasteiger partial charge in [-0.3, -0.25) is 14.5 Å². The van der Waals surface area contributed by atoms with Crippen LogP contribution in [-0.4, -0.2) is 44.1 Å². The number of methoxy groups -OCH3 is 3. The topological polar surface area (TPSA) is 102 Å². The number of rotatable bonds is 7. The van der Waals surface area contributed by atoms with Gasteiger partial charge < -0.3 is 19.3 Å². The molecule has 1 aliphatic rings. The first-order valence-electron chi connectivity index (χ1n) is 11.9. The molecular formula is C29H25Cl2NO7. The number of ether oxygens (including phenoxy) is 3. The van der Waals surface area contributed by atoms with Crippen molar-refractivity contribution in [2.24, 2.45) is 0 Å². The molecule has 1 unspecified atom stereocenters. The Morgan fingerprint density at radius 2 is 1.64 bits per heavy atom. The van der Waals surface area contributed by atoms with E-state index in [4.69, 9.17) is 37.4 Å². The molecule has 1 atom stereocenters. The second-order valence-corrected chi connectivity index (χ2v) is 9.38. The number of nitrogens with zero attached hydrogens (tertiary/aromatic N) is 1. The fourth-order valence-electron chi connectivity index (χ4n) is 4.54. The van der Waals surface area contributed by atoms with E-state index < -0.39 is 29.5 Å². The SMILES string of the molecule is CCc1ccc(C2/C(=C(\O)c3cc(Cl)c(OC)c(Cl)c3OC)C(=O)C(=O)N2c2cccc(C(=O)OC)c2)cc1. The first kappa shape index (κ1) is 28.0. The van der Waals surface area contributed by atoms with Crippen molar-refractivity contribution in [1.82, 2.24) is 0 Å². The smallest absolute Gasteiger partial charge is 0.337 e. The number of Topliss-reactive ketones (excluding diaryl/α,β-unsaturated/α-hetero) is 1. The summed E-state index contributed by atoms with van der Waals surface area (Å²) in [5.41, 5.74) is 1.85. The zero-order chi connectivity index (χ0) is 28.4. The van der Waals surface area contributed by atoms with Gasteiger partial charge in [-0.05, 0) is 41.8 Å². The van der Waals surface area contributed by atoms with Gasteiger partial charge in [-0.15, -0.1) is 0 Å². The number of hydrogen-bond acceptors (Lipinski definition) is 7. The van der Waals surface area contributed by atoms with E-state index >= 15 is 0 Å². The molecule has 0 aliphatic carbocycles. The number of aryl methyl sites for hydroxylation is 1. The van der Waals surface area contributed by atoms with Crippen LogP contribution in [0.3, 0.4) is 0 Å². The van der Waals surface area contributed by atoms with Gasteiger partial charge in [-0.1, -0.05) is 60.5 Å². The molecule has 202 valence electrons. The number of halogens is 2. The van der Waals surface area contributed by atoms with Crippen molar-refractivity contribution in [3.8, 4) is 11.5 Å². The molecular weight excluding hydrogens is 545 g/mol. The lowest BCUT2D eigenvalue weighted by Crippen LogP contribution is -2.29. The first-order chi connectivity index (χ1) is 18.7. The highest BCUT2D eigenvalue weighted by atomic mass is 35.5. The Morgan fingerprint density at radius 1 is 0.974 bits per heavy atom. The quantitative estimate of drug-likeness (QED) is 0.161. The number of carbonyl (C=O) groups is 3. The van der Waals surface area contributed by atoms with Gasteiger partial charge in [0.05, 0.1) is 49.1 Å². The second-order valence-electron chi connectivity index (χ2n) is 8.59. The summed E-state index contributed by atoms with van der Waals surface area (Å²) in [5.74, 6) is -2.84. The number of benzene rings is 3. The molecule has 0 spiro atoms. The average Bonchev–Trinajstić information content (AvgIpc) is 3.22. The molecule has 10 heteroatoms. The van der Waals surface area contributed by atoms with Crippen molar-refractivity contribution in [2.75, 3.05) is 26.2 Å². The zero-order valence-electron chi connectivity index (χ0n) is 21.6. The zero-order valence-corrected chi connectivity index (χ0v) is 23.1. The number of esters is 1. The van der Waals surface area contributed by atoms with Crippen LogP contribution in [0.2, 0.25) is 10.0 Å². The summed E-state index contributed by atoms with van der Waals surface area (Å²) in [4.78, 5) is 40.5. The van der Waals surface area contributed by atoms with Gasteiger partial charge >= 0.3 is 5.97 Å². The van der Waals surface area contributed by atoms with Gasteiger partial charge in [0.1, 0.15) is 10.8 Å². The number of aliphatic hydroxyl groups is 1. The molecule has 3 aromatic rings. The number of anilines is 1. The molecule has 0 saturated carbocycles. The predicted octanol–water partition coefficient (Wildman–Crippen LogP) is 5.99. The third-order valence-electron chi connectivity index (χ3n) is 6.49. The van der Waals surface area contributed by atoms with Gasteiger partial charge in [0.25, 0.3) is 11.7 Å². The van der Waals surface area contributed by atoms with Crippen LogP contribution in [0.15, 0.2) is 60.2 Å². The van der Waals surface area contributed by atoms with Crippen molar-refractivity contribution >= 4 is 52.3 Å². The third-order valence-corrected chi connectivity index (χ3v) is 7.11. The standard InChI is InChI=1S/C29H25Cl2NO7/c1-5-15-9-11-16(12-10-15)23-21(24(33)19-14-20(30)27(38-3)22(31)26(19)37-2)25(34)28(35)32(23)18-8-6-7-17(13-18)29(36)39-4/h6-14,23,33H,5H2,1-4H3/b24-21+. The molecule has 1 aliphatic heterocycles. The van der Waals surface area contributed by atoms with E-state index in [1.165, 1.54) is 44.4 Å². The molecule has 1 saturated heterocycles. The normalized spacial score (nSPS) is 16.4. The molecule has 1 N–H and O–H groups in total. The van der Waals surface area contributed by atoms with E-state index in [9.17, 15) is 19.5 Å². The summed E-state index contributed by atoms with van der Waals surface area (Å²) in [5, 5.41) is 11.6. The maximum atomic E-state index is 13.5. The fourth-order valence-corrected chi connectivity index (χ4v) is 5.23. The second kappa shape index (κ2) is 11.4. The molecule has 39 heavy (non-hydrogen) atoms. The minimum atomic E-state index is -1.05. The van der Waals surface area contributed by atoms with Gasteiger partial charge in [0.15, 0.2) is 11.5 Å². The summed E-state index contributed by atoms with van der Waals surface area (Å²) in [6.45, 7) is 2.00. The summed E-state index contributed by atoms with van der Waals surface area (Å²) in [6.07, 6.45) is 0.779. The highest BCUT2D eigenvalue weighted by Gasteiger charge is 2.47.